The quantitative estimate of drug-likeness (QED) is 0.0991. The van der Waals surface area contributed by atoms with E-state index in [9.17, 15) is 9.59 Å². The van der Waals surface area contributed by atoms with Gasteiger partial charge in [0.05, 0.1) is 18.9 Å². The molecular formula is C27H50O4. The number of aliphatic carboxylic acids is 1. The molecule has 0 aliphatic rings. The predicted molar refractivity (Wildman–Crippen MR) is 130 cm³/mol. The van der Waals surface area contributed by atoms with Crippen LogP contribution in [0.5, 0.6) is 0 Å². The summed E-state index contributed by atoms with van der Waals surface area (Å²) in [6.07, 6.45) is 26.3. The van der Waals surface area contributed by atoms with Crippen LogP contribution in [0, 0.1) is 5.92 Å². The van der Waals surface area contributed by atoms with Crippen LogP contribution in [0.1, 0.15) is 136 Å². The number of unbranched alkanes of at least 4 members (excludes halogenated alkanes) is 14. The van der Waals surface area contributed by atoms with Crippen molar-refractivity contribution in [2.75, 3.05) is 6.61 Å². The van der Waals surface area contributed by atoms with Crippen molar-refractivity contribution in [3.8, 4) is 0 Å². The minimum absolute atomic E-state index is 0.113. The standard InChI is InChI=1S/C27H50O4/c1-3-5-6-7-8-9-10-11-12-13-14-15-16-17-18-19-20-21-22-25(24-26(28)29)27(30)31-23-4-2/h6-7,25H,3-5,8-24H2,1-2H3,(H,28,29)/b7-6+. The minimum Gasteiger partial charge on any atom is -0.481 e. The van der Waals surface area contributed by atoms with Gasteiger partial charge in [-0.2, -0.15) is 0 Å². The Labute approximate surface area is 192 Å². The Hall–Kier alpha value is -1.32. The maximum Gasteiger partial charge on any atom is 0.309 e. The van der Waals surface area contributed by atoms with Gasteiger partial charge in [-0.05, 0) is 32.1 Å². The highest BCUT2D eigenvalue weighted by atomic mass is 16.5. The van der Waals surface area contributed by atoms with Gasteiger partial charge in [0.1, 0.15) is 0 Å². The molecule has 0 rings (SSSR count). The van der Waals surface area contributed by atoms with E-state index < -0.39 is 11.9 Å². The van der Waals surface area contributed by atoms with E-state index in [1.807, 2.05) is 6.92 Å². The van der Waals surface area contributed by atoms with Crippen LogP contribution in [0.2, 0.25) is 0 Å². The van der Waals surface area contributed by atoms with Crippen molar-refractivity contribution in [3.05, 3.63) is 12.2 Å². The molecule has 0 aromatic heterocycles. The van der Waals surface area contributed by atoms with Crippen molar-refractivity contribution in [1.82, 2.24) is 0 Å². The molecule has 31 heavy (non-hydrogen) atoms. The first-order valence-corrected chi connectivity index (χ1v) is 13.1. The fourth-order valence-corrected chi connectivity index (χ4v) is 3.83. The first kappa shape index (κ1) is 29.7. The second-order valence-electron chi connectivity index (χ2n) is 8.90. The molecule has 4 heteroatoms. The van der Waals surface area contributed by atoms with E-state index in [2.05, 4.69) is 19.1 Å². The molecule has 0 bridgehead atoms. The van der Waals surface area contributed by atoms with Gasteiger partial charge in [0.25, 0.3) is 0 Å². The van der Waals surface area contributed by atoms with Crippen molar-refractivity contribution in [2.24, 2.45) is 5.92 Å². The Bertz CT molecular complexity index is 445. The monoisotopic (exact) mass is 438 g/mol. The summed E-state index contributed by atoms with van der Waals surface area (Å²) in [5, 5.41) is 9.00. The summed E-state index contributed by atoms with van der Waals surface area (Å²) < 4.78 is 5.14. The van der Waals surface area contributed by atoms with Gasteiger partial charge in [-0.15, -0.1) is 0 Å². The first-order valence-electron chi connectivity index (χ1n) is 13.1. The van der Waals surface area contributed by atoms with Crippen molar-refractivity contribution >= 4 is 11.9 Å². The van der Waals surface area contributed by atoms with Crippen LogP contribution in [0.15, 0.2) is 12.2 Å². The molecule has 0 amide bonds. The highest BCUT2D eigenvalue weighted by Gasteiger charge is 2.22. The third-order valence-corrected chi connectivity index (χ3v) is 5.75. The van der Waals surface area contributed by atoms with Gasteiger partial charge in [-0.1, -0.05) is 109 Å². The van der Waals surface area contributed by atoms with Gasteiger partial charge in [0, 0.05) is 0 Å². The van der Waals surface area contributed by atoms with Crippen LogP contribution in [-0.2, 0) is 14.3 Å². The van der Waals surface area contributed by atoms with Gasteiger partial charge < -0.3 is 9.84 Å². The van der Waals surface area contributed by atoms with Crippen molar-refractivity contribution < 1.29 is 19.4 Å². The van der Waals surface area contributed by atoms with E-state index >= 15 is 0 Å². The summed E-state index contributed by atoms with van der Waals surface area (Å²) in [4.78, 5) is 22.9. The van der Waals surface area contributed by atoms with Gasteiger partial charge >= 0.3 is 11.9 Å². The molecule has 0 radical (unpaired) electrons. The number of hydrogen-bond acceptors (Lipinski definition) is 3. The van der Waals surface area contributed by atoms with Gasteiger partial charge in [-0.25, -0.2) is 0 Å². The second kappa shape index (κ2) is 23.3. The lowest BCUT2D eigenvalue weighted by atomic mass is 9.97. The molecule has 1 N–H and O–H groups in total. The van der Waals surface area contributed by atoms with Crippen molar-refractivity contribution in [1.29, 1.82) is 0 Å². The van der Waals surface area contributed by atoms with E-state index in [1.165, 1.54) is 89.9 Å². The zero-order chi connectivity index (χ0) is 23.0. The number of carbonyl (C=O) groups is 2. The lowest BCUT2D eigenvalue weighted by molar-refractivity contribution is -0.153. The van der Waals surface area contributed by atoms with E-state index in [4.69, 9.17) is 9.84 Å². The number of ether oxygens (including phenoxy) is 1. The Morgan fingerprint density at radius 3 is 1.68 bits per heavy atom. The molecule has 0 spiro atoms. The highest BCUT2D eigenvalue weighted by molar-refractivity contribution is 5.79. The molecule has 0 aromatic rings. The molecule has 0 heterocycles. The molecule has 0 aromatic carbocycles. The number of carboxylic acids is 1. The molecule has 0 fully saturated rings. The Morgan fingerprint density at radius 2 is 1.19 bits per heavy atom. The normalized spacial score (nSPS) is 12.3. The Morgan fingerprint density at radius 1 is 0.710 bits per heavy atom. The van der Waals surface area contributed by atoms with Crippen LogP contribution in [0.4, 0.5) is 0 Å². The number of carbonyl (C=O) groups excluding carboxylic acids is 1. The summed E-state index contributed by atoms with van der Waals surface area (Å²) in [7, 11) is 0. The maximum atomic E-state index is 12.0. The third kappa shape index (κ3) is 21.7. The van der Waals surface area contributed by atoms with E-state index in [-0.39, 0.29) is 12.4 Å². The van der Waals surface area contributed by atoms with Gasteiger partial charge in [-0.3, -0.25) is 9.59 Å². The van der Waals surface area contributed by atoms with Gasteiger partial charge in [0.15, 0.2) is 0 Å². The zero-order valence-corrected chi connectivity index (χ0v) is 20.5. The zero-order valence-electron chi connectivity index (χ0n) is 20.5. The number of hydrogen-bond donors (Lipinski definition) is 1. The smallest absolute Gasteiger partial charge is 0.309 e. The summed E-state index contributed by atoms with van der Waals surface area (Å²) >= 11 is 0. The molecule has 182 valence electrons. The number of allylic oxidation sites excluding steroid dienone is 2. The topological polar surface area (TPSA) is 63.6 Å². The average molecular weight is 439 g/mol. The largest absolute Gasteiger partial charge is 0.481 e. The fraction of sp³-hybridized carbons (Fsp3) is 0.852. The number of carboxylic acid groups (broad SMARTS) is 1. The molecular weight excluding hydrogens is 388 g/mol. The Kier molecular flexibility index (Phi) is 22.4. The first-order chi connectivity index (χ1) is 15.1. The van der Waals surface area contributed by atoms with E-state index in [0.29, 0.717) is 13.0 Å². The SMILES string of the molecule is CCC/C=C/CCCCCCCCCCCCCCCC(CC(=O)O)C(=O)OCCC. The van der Waals surface area contributed by atoms with Crippen molar-refractivity contribution in [2.45, 2.75) is 136 Å². The summed E-state index contributed by atoms with van der Waals surface area (Å²) in [5.41, 5.74) is 0. The highest BCUT2D eigenvalue weighted by Crippen LogP contribution is 2.18. The lowest BCUT2D eigenvalue weighted by Gasteiger charge is -2.13. The van der Waals surface area contributed by atoms with E-state index in [1.54, 1.807) is 0 Å². The van der Waals surface area contributed by atoms with E-state index in [0.717, 1.165) is 19.3 Å². The minimum atomic E-state index is -0.919. The van der Waals surface area contributed by atoms with Crippen LogP contribution >= 0.6 is 0 Å². The second-order valence-corrected chi connectivity index (χ2v) is 8.90. The molecule has 0 aliphatic heterocycles. The molecule has 0 saturated heterocycles. The van der Waals surface area contributed by atoms with Crippen LogP contribution in [-0.4, -0.2) is 23.7 Å². The molecule has 0 aliphatic carbocycles. The molecule has 0 saturated carbocycles. The van der Waals surface area contributed by atoms with Crippen LogP contribution in [0.3, 0.4) is 0 Å². The summed E-state index contributed by atoms with van der Waals surface area (Å²) in [6, 6.07) is 0. The summed E-state index contributed by atoms with van der Waals surface area (Å²) in [6.45, 7) is 4.54. The third-order valence-electron chi connectivity index (χ3n) is 5.75. The van der Waals surface area contributed by atoms with Crippen molar-refractivity contribution in [3.63, 3.8) is 0 Å². The number of rotatable bonds is 23. The fourth-order valence-electron chi connectivity index (χ4n) is 3.83. The molecule has 4 nitrogen and oxygen atoms in total. The average Bonchev–Trinajstić information content (AvgIpc) is 2.75. The van der Waals surface area contributed by atoms with Gasteiger partial charge in [0.2, 0.25) is 0 Å². The molecule has 1 atom stereocenters. The molecule has 1 unspecified atom stereocenters. The van der Waals surface area contributed by atoms with Crippen LogP contribution in [0.25, 0.3) is 0 Å². The summed E-state index contributed by atoms with van der Waals surface area (Å²) in [5.74, 6) is -1.74. The number of esters is 1. The lowest BCUT2D eigenvalue weighted by Crippen LogP contribution is -2.21. The predicted octanol–water partition coefficient (Wildman–Crippen LogP) is 8.24. The van der Waals surface area contributed by atoms with Crippen LogP contribution < -0.4 is 0 Å². The maximum absolute atomic E-state index is 12.0. The Balaban J connectivity index is 3.46.